The van der Waals surface area contributed by atoms with Gasteiger partial charge in [-0.1, -0.05) is 23.7 Å². The maximum absolute atomic E-state index is 5.92. The van der Waals surface area contributed by atoms with Gasteiger partial charge in [-0.25, -0.2) is 9.97 Å². The number of aromatic nitrogens is 3. The van der Waals surface area contributed by atoms with Crippen LogP contribution in [0.2, 0.25) is 5.02 Å². The van der Waals surface area contributed by atoms with Crippen LogP contribution in [0.15, 0.2) is 48.8 Å². The van der Waals surface area contributed by atoms with E-state index in [9.17, 15) is 0 Å². The summed E-state index contributed by atoms with van der Waals surface area (Å²) >= 11 is 5.92. The van der Waals surface area contributed by atoms with E-state index >= 15 is 0 Å². The number of fused-ring (bicyclic) bond motifs is 1. The van der Waals surface area contributed by atoms with Crippen molar-refractivity contribution in [2.45, 2.75) is 6.42 Å². The predicted molar refractivity (Wildman–Crippen MR) is 88.2 cm³/mol. The van der Waals surface area contributed by atoms with Gasteiger partial charge < -0.3 is 4.90 Å². The molecule has 1 aliphatic heterocycles. The molecule has 1 saturated heterocycles. The van der Waals surface area contributed by atoms with E-state index in [-0.39, 0.29) is 0 Å². The fraction of sp³-hybridized carbons (Fsp3) is 0.235. The molecule has 0 aliphatic carbocycles. The maximum atomic E-state index is 5.92. The highest BCUT2D eigenvalue weighted by atomic mass is 35.5. The van der Waals surface area contributed by atoms with Crippen molar-refractivity contribution in [3.8, 4) is 0 Å². The summed E-state index contributed by atoms with van der Waals surface area (Å²) in [5.41, 5.74) is 2.89. The largest absolute Gasteiger partial charge is 0.356 e. The molecule has 0 N–H and O–H groups in total. The van der Waals surface area contributed by atoms with E-state index < -0.39 is 0 Å². The molecule has 0 spiro atoms. The zero-order valence-electron chi connectivity index (χ0n) is 12.0. The van der Waals surface area contributed by atoms with Gasteiger partial charge in [0.05, 0.1) is 0 Å². The lowest BCUT2D eigenvalue weighted by Crippen LogP contribution is -2.48. The van der Waals surface area contributed by atoms with E-state index in [0.29, 0.717) is 11.6 Å². The van der Waals surface area contributed by atoms with E-state index in [2.05, 4.69) is 32.0 Å². The van der Waals surface area contributed by atoms with Crippen molar-refractivity contribution in [2.75, 3.05) is 18.0 Å². The van der Waals surface area contributed by atoms with Crippen LogP contribution in [0.25, 0.3) is 11.2 Å². The van der Waals surface area contributed by atoms with Crippen molar-refractivity contribution in [3.05, 3.63) is 59.4 Å². The van der Waals surface area contributed by atoms with Crippen molar-refractivity contribution in [1.29, 1.82) is 0 Å². The van der Waals surface area contributed by atoms with Crippen molar-refractivity contribution in [2.24, 2.45) is 5.92 Å². The van der Waals surface area contributed by atoms with Gasteiger partial charge in [-0.05, 0) is 42.2 Å². The summed E-state index contributed by atoms with van der Waals surface area (Å²) in [5.74, 6) is 1.65. The monoisotopic (exact) mass is 310 g/mol. The summed E-state index contributed by atoms with van der Waals surface area (Å²) in [4.78, 5) is 15.4. The zero-order valence-corrected chi connectivity index (χ0v) is 12.7. The highest BCUT2D eigenvalue weighted by Gasteiger charge is 2.27. The normalized spacial score (nSPS) is 15.0. The Bertz CT molecular complexity index is 797. The van der Waals surface area contributed by atoms with Crippen LogP contribution in [0.3, 0.4) is 0 Å². The molecule has 0 amide bonds. The lowest BCUT2D eigenvalue weighted by Gasteiger charge is -2.40. The molecule has 3 heterocycles. The average Bonchev–Trinajstić information content (AvgIpc) is 2.52. The van der Waals surface area contributed by atoms with E-state index in [1.54, 1.807) is 12.4 Å². The fourth-order valence-corrected chi connectivity index (χ4v) is 2.99. The molecular formula is C17H15ClN4. The Morgan fingerprint density at radius 3 is 2.59 bits per heavy atom. The second-order valence-electron chi connectivity index (χ2n) is 5.67. The minimum Gasteiger partial charge on any atom is -0.356 e. The van der Waals surface area contributed by atoms with E-state index in [1.165, 1.54) is 5.56 Å². The second-order valence-corrected chi connectivity index (χ2v) is 6.11. The topological polar surface area (TPSA) is 41.9 Å². The van der Waals surface area contributed by atoms with Gasteiger partial charge in [0.25, 0.3) is 0 Å². The third-order valence-electron chi connectivity index (χ3n) is 4.04. The third kappa shape index (κ3) is 2.62. The maximum Gasteiger partial charge on any atom is 0.180 e. The molecule has 0 atom stereocenters. The Balaban J connectivity index is 1.42. The molecule has 4 nitrogen and oxygen atoms in total. The van der Waals surface area contributed by atoms with Crippen LogP contribution in [-0.2, 0) is 6.42 Å². The molecular weight excluding hydrogens is 296 g/mol. The van der Waals surface area contributed by atoms with Crippen LogP contribution in [0, 0.1) is 5.92 Å². The summed E-state index contributed by atoms with van der Waals surface area (Å²) in [5, 5.41) is 0.792. The molecule has 3 aromatic rings. The molecule has 1 aromatic carbocycles. The standard InChI is InChI=1S/C17H15ClN4/c18-14-3-1-12(2-4-14)9-13-10-22(11-13)16-6-5-15-17(21-16)20-8-7-19-15/h1-8,13H,9-11H2. The number of halogens is 1. The van der Waals surface area contributed by atoms with Gasteiger partial charge in [0.1, 0.15) is 11.3 Å². The number of nitrogens with zero attached hydrogens (tertiary/aromatic N) is 4. The van der Waals surface area contributed by atoms with Gasteiger partial charge in [0.15, 0.2) is 5.65 Å². The van der Waals surface area contributed by atoms with Crippen LogP contribution >= 0.6 is 11.6 Å². The Labute approximate surface area is 133 Å². The fourth-order valence-electron chi connectivity index (χ4n) is 2.86. The number of rotatable bonds is 3. The Kier molecular flexibility index (Phi) is 3.39. The van der Waals surface area contributed by atoms with Crippen LogP contribution in [0.4, 0.5) is 5.82 Å². The zero-order chi connectivity index (χ0) is 14.9. The summed E-state index contributed by atoms with van der Waals surface area (Å²) in [6.45, 7) is 2.06. The molecule has 5 heteroatoms. The number of pyridine rings is 1. The Hall–Kier alpha value is -2.20. The quantitative estimate of drug-likeness (QED) is 0.744. The van der Waals surface area contributed by atoms with Gasteiger partial charge in [0, 0.05) is 30.5 Å². The van der Waals surface area contributed by atoms with Gasteiger partial charge in [-0.3, -0.25) is 4.98 Å². The average molecular weight is 311 g/mol. The molecule has 0 radical (unpaired) electrons. The minimum atomic E-state index is 0.667. The number of hydrogen-bond acceptors (Lipinski definition) is 4. The lowest BCUT2D eigenvalue weighted by atomic mass is 9.92. The smallest absolute Gasteiger partial charge is 0.180 e. The van der Waals surface area contributed by atoms with Gasteiger partial charge in [0.2, 0.25) is 0 Å². The third-order valence-corrected chi connectivity index (χ3v) is 4.29. The van der Waals surface area contributed by atoms with Crippen LogP contribution < -0.4 is 4.90 Å². The van der Waals surface area contributed by atoms with Gasteiger partial charge >= 0.3 is 0 Å². The van der Waals surface area contributed by atoms with Gasteiger partial charge in [-0.15, -0.1) is 0 Å². The summed E-state index contributed by atoms with van der Waals surface area (Å²) in [6.07, 6.45) is 4.45. The molecule has 22 heavy (non-hydrogen) atoms. The summed E-state index contributed by atoms with van der Waals surface area (Å²) in [6, 6.07) is 12.1. The van der Waals surface area contributed by atoms with E-state index in [0.717, 1.165) is 35.9 Å². The molecule has 1 aliphatic rings. The van der Waals surface area contributed by atoms with Crippen molar-refractivity contribution in [1.82, 2.24) is 15.0 Å². The minimum absolute atomic E-state index is 0.667. The van der Waals surface area contributed by atoms with E-state index in [1.807, 2.05) is 24.3 Å². The highest BCUT2D eigenvalue weighted by molar-refractivity contribution is 6.30. The summed E-state index contributed by atoms with van der Waals surface area (Å²) in [7, 11) is 0. The lowest BCUT2D eigenvalue weighted by molar-refractivity contribution is 0.405. The second kappa shape index (κ2) is 5.54. The molecule has 2 aromatic heterocycles. The first-order valence-corrected chi connectivity index (χ1v) is 7.73. The van der Waals surface area contributed by atoms with Crippen LogP contribution in [0.1, 0.15) is 5.56 Å². The molecule has 0 saturated carbocycles. The Morgan fingerprint density at radius 1 is 1.00 bits per heavy atom. The van der Waals surface area contributed by atoms with Crippen molar-refractivity contribution >= 4 is 28.6 Å². The Morgan fingerprint density at radius 2 is 1.77 bits per heavy atom. The summed E-state index contributed by atoms with van der Waals surface area (Å²) < 4.78 is 0. The highest BCUT2D eigenvalue weighted by Crippen LogP contribution is 2.26. The van der Waals surface area contributed by atoms with Gasteiger partial charge in [-0.2, -0.15) is 0 Å². The number of benzene rings is 1. The molecule has 0 bridgehead atoms. The molecule has 0 unspecified atom stereocenters. The van der Waals surface area contributed by atoms with Crippen molar-refractivity contribution in [3.63, 3.8) is 0 Å². The first-order valence-electron chi connectivity index (χ1n) is 7.35. The molecule has 1 fully saturated rings. The van der Waals surface area contributed by atoms with E-state index in [4.69, 9.17) is 11.6 Å². The number of hydrogen-bond donors (Lipinski definition) is 0. The molecule has 110 valence electrons. The first-order chi connectivity index (χ1) is 10.8. The predicted octanol–water partition coefficient (Wildman–Crippen LogP) is 3.36. The number of anilines is 1. The SMILES string of the molecule is Clc1ccc(CC2CN(c3ccc4nccnc4n3)C2)cc1. The van der Waals surface area contributed by atoms with Crippen LogP contribution in [0.5, 0.6) is 0 Å². The van der Waals surface area contributed by atoms with Crippen LogP contribution in [-0.4, -0.2) is 28.0 Å². The first kappa shape index (κ1) is 13.5. The van der Waals surface area contributed by atoms with Crippen molar-refractivity contribution < 1.29 is 0 Å². The molecule has 4 rings (SSSR count).